The van der Waals surface area contributed by atoms with Crippen LogP contribution in [0.25, 0.3) is 0 Å². The van der Waals surface area contributed by atoms with E-state index in [4.69, 9.17) is 5.73 Å². The Morgan fingerprint density at radius 2 is 2.17 bits per heavy atom. The topological polar surface area (TPSA) is 26.0 Å². The van der Waals surface area contributed by atoms with Gasteiger partial charge in [-0.05, 0) is 30.1 Å². The summed E-state index contributed by atoms with van der Waals surface area (Å²) in [5, 5.41) is 0. The van der Waals surface area contributed by atoms with Crippen LogP contribution < -0.4 is 5.73 Å². The Bertz CT molecular complexity index is 193. The van der Waals surface area contributed by atoms with E-state index in [1.807, 2.05) is 0 Å². The first-order valence-electron chi connectivity index (χ1n) is 4.97. The summed E-state index contributed by atoms with van der Waals surface area (Å²) in [6.45, 7) is 9.28. The minimum atomic E-state index is 0.461. The van der Waals surface area contributed by atoms with Crippen molar-refractivity contribution in [2.24, 2.45) is 23.0 Å². The van der Waals surface area contributed by atoms with Crippen molar-refractivity contribution in [3.05, 3.63) is 11.8 Å². The molecule has 0 aromatic carbocycles. The molecule has 2 atom stereocenters. The van der Waals surface area contributed by atoms with Crippen LogP contribution in [0.4, 0.5) is 0 Å². The van der Waals surface area contributed by atoms with Gasteiger partial charge in [-0.3, -0.25) is 0 Å². The van der Waals surface area contributed by atoms with Gasteiger partial charge >= 0.3 is 0 Å². The van der Waals surface area contributed by atoms with Crippen LogP contribution in [-0.2, 0) is 0 Å². The quantitative estimate of drug-likeness (QED) is 0.687. The third-order valence-electron chi connectivity index (χ3n) is 3.80. The van der Waals surface area contributed by atoms with Gasteiger partial charge in [0.05, 0.1) is 0 Å². The van der Waals surface area contributed by atoms with Gasteiger partial charge in [0, 0.05) is 5.70 Å². The Morgan fingerprint density at radius 3 is 2.42 bits per heavy atom. The summed E-state index contributed by atoms with van der Waals surface area (Å²) >= 11 is 0. The molecular weight excluding hydrogens is 146 g/mol. The van der Waals surface area contributed by atoms with Gasteiger partial charge in [-0.2, -0.15) is 0 Å². The molecule has 0 heterocycles. The predicted molar refractivity (Wildman–Crippen MR) is 53.6 cm³/mol. The van der Waals surface area contributed by atoms with Crippen molar-refractivity contribution in [1.29, 1.82) is 0 Å². The Labute approximate surface area is 76.0 Å². The maximum Gasteiger partial charge on any atom is 0.00492 e. The fraction of sp³-hybridized carbons (Fsp3) is 0.818. The van der Waals surface area contributed by atoms with Crippen LogP contribution >= 0.6 is 0 Å². The zero-order valence-electron chi connectivity index (χ0n) is 8.72. The standard InChI is InChI=1S/C11H21N/c1-5-11(4,8(2)3)9-6-10(12)7-9/h6,8-9H,5,7,12H2,1-4H3. The fourth-order valence-corrected chi connectivity index (χ4v) is 2.00. The molecule has 0 amide bonds. The molecule has 0 bridgehead atoms. The molecule has 70 valence electrons. The van der Waals surface area contributed by atoms with E-state index < -0.39 is 0 Å². The molecule has 1 aliphatic rings. The van der Waals surface area contributed by atoms with E-state index in [0.29, 0.717) is 5.41 Å². The molecule has 1 rings (SSSR count). The van der Waals surface area contributed by atoms with E-state index in [1.54, 1.807) is 0 Å². The average molecular weight is 167 g/mol. The van der Waals surface area contributed by atoms with Crippen LogP contribution in [0.2, 0.25) is 0 Å². The van der Waals surface area contributed by atoms with Crippen LogP contribution in [0.5, 0.6) is 0 Å². The van der Waals surface area contributed by atoms with Gasteiger partial charge < -0.3 is 5.73 Å². The van der Waals surface area contributed by atoms with Gasteiger partial charge in [0.15, 0.2) is 0 Å². The van der Waals surface area contributed by atoms with Crippen LogP contribution in [-0.4, -0.2) is 0 Å². The van der Waals surface area contributed by atoms with Crippen molar-refractivity contribution in [2.45, 2.75) is 40.5 Å². The van der Waals surface area contributed by atoms with Crippen molar-refractivity contribution in [1.82, 2.24) is 0 Å². The van der Waals surface area contributed by atoms with Crippen molar-refractivity contribution in [2.75, 3.05) is 0 Å². The fourth-order valence-electron chi connectivity index (χ4n) is 2.00. The van der Waals surface area contributed by atoms with Crippen molar-refractivity contribution < 1.29 is 0 Å². The molecule has 0 aromatic heterocycles. The smallest absolute Gasteiger partial charge is 0.00492 e. The van der Waals surface area contributed by atoms with E-state index in [2.05, 4.69) is 33.8 Å². The molecule has 1 heteroatoms. The molecule has 2 unspecified atom stereocenters. The van der Waals surface area contributed by atoms with E-state index in [0.717, 1.165) is 24.0 Å². The van der Waals surface area contributed by atoms with Gasteiger partial charge in [-0.25, -0.2) is 0 Å². The molecule has 0 saturated heterocycles. The summed E-state index contributed by atoms with van der Waals surface area (Å²) in [7, 11) is 0. The van der Waals surface area contributed by atoms with Gasteiger partial charge in [-0.15, -0.1) is 0 Å². The lowest BCUT2D eigenvalue weighted by Gasteiger charge is -2.43. The zero-order chi connectivity index (χ0) is 9.35. The molecule has 0 aromatic rings. The third kappa shape index (κ3) is 1.37. The first-order chi connectivity index (χ1) is 5.50. The summed E-state index contributed by atoms with van der Waals surface area (Å²) in [6, 6.07) is 0. The first-order valence-corrected chi connectivity index (χ1v) is 4.97. The first kappa shape index (κ1) is 9.63. The highest BCUT2D eigenvalue weighted by Gasteiger charge is 2.37. The van der Waals surface area contributed by atoms with Gasteiger partial charge in [0.25, 0.3) is 0 Å². The highest BCUT2D eigenvalue weighted by Crippen LogP contribution is 2.46. The Hall–Kier alpha value is -0.460. The normalized spacial score (nSPS) is 27.8. The number of nitrogens with two attached hydrogens (primary N) is 1. The molecule has 0 aliphatic heterocycles. The summed E-state index contributed by atoms with van der Waals surface area (Å²) in [6.07, 6.45) is 4.60. The second-order valence-corrected chi connectivity index (χ2v) is 4.57. The number of hydrogen-bond acceptors (Lipinski definition) is 1. The molecule has 0 spiro atoms. The monoisotopic (exact) mass is 167 g/mol. The van der Waals surface area contributed by atoms with Crippen molar-refractivity contribution in [3.8, 4) is 0 Å². The Balaban J connectivity index is 2.69. The molecule has 2 N–H and O–H groups in total. The molecule has 0 fully saturated rings. The molecule has 0 saturated carbocycles. The van der Waals surface area contributed by atoms with E-state index in [1.165, 1.54) is 6.42 Å². The summed E-state index contributed by atoms with van der Waals surface area (Å²) < 4.78 is 0. The second kappa shape index (κ2) is 3.12. The lowest BCUT2D eigenvalue weighted by atomic mass is 9.62. The number of hydrogen-bond donors (Lipinski definition) is 1. The summed E-state index contributed by atoms with van der Waals surface area (Å²) in [4.78, 5) is 0. The largest absolute Gasteiger partial charge is 0.402 e. The maximum absolute atomic E-state index is 5.68. The van der Waals surface area contributed by atoms with Gasteiger partial charge in [0.2, 0.25) is 0 Å². The SMILES string of the molecule is CCC(C)(C(C)C)C1C=C(N)C1. The van der Waals surface area contributed by atoms with Crippen molar-refractivity contribution >= 4 is 0 Å². The maximum atomic E-state index is 5.68. The molecule has 0 radical (unpaired) electrons. The Morgan fingerprint density at radius 1 is 1.67 bits per heavy atom. The third-order valence-corrected chi connectivity index (χ3v) is 3.80. The van der Waals surface area contributed by atoms with E-state index >= 15 is 0 Å². The number of allylic oxidation sites excluding steroid dienone is 2. The highest BCUT2D eigenvalue weighted by atomic mass is 14.6. The molecule has 12 heavy (non-hydrogen) atoms. The number of rotatable bonds is 3. The van der Waals surface area contributed by atoms with Crippen LogP contribution in [0.3, 0.4) is 0 Å². The summed E-state index contributed by atoms with van der Waals surface area (Å²) in [5.41, 5.74) is 7.23. The molecular formula is C11H21N. The minimum Gasteiger partial charge on any atom is -0.402 e. The summed E-state index contributed by atoms with van der Waals surface area (Å²) in [5.74, 6) is 1.47. The predicted octanol–water partition coefficient (Wildman–Crippen LogP) is 2.92. The lowest BCUT2D eigenvalue weighted by Crippen LogP contribution is -2.36. The minimum absolute atomic E-state index is 0.461. The average Bonchev–Trinajstić information content (AvgIpc) is 1.97. The zero-order valence-corrected chi connectivity index (χ0v) is 8.72. The molecule has 1 aliphatic carbocycles. The Kier molecular flexibility index (Phi) is 2.50. The van der Waals surface area contributed by atoms with Crippen LogP contribution in [0, 0.1) is 17.3 Å². The van der Waals surface area contributed by atoms with E-state index in [-0.39, 0.29) is 0 Å². The second-order valence-electron chi connectivity index (χ2n) is 4.57. The highest BCUT2D eigenvalue weighted by molar-refractivity contribution is 5.17. The van der Waals surface area contributed by atoms with E-state index in [9.17, 15) is 0 Å². The van der Waals surface area contributed by atoms with Crippen LogP contribution in [0.15, 0.2) is 11.8 Å². The van der Waals surface area contributed by atoms with Crippen molar-refractivity contribution in [3.63, 3.8) is 0 Å². The van der Waals surface area contributed by atoms with Gasteiger partial charge in [0.1, 0.15) is 0 Å². The van der Waals surface area contributed by atoms with Crippen LogP contribution in [0.1, 0.15) is 40.5 Å². The van der Waals surface area contributed by atoms with Gasteiger partial charge in [-0.1, -0.05) is 33.8 Å². The molecule has 1 nitrogen and oxygen atoms in total. The lowest BCUT2D eigenvalue weighted by molar-refractivity contribution is 0.124.